The molecule has 6 nitrogen and oxygen atoms in total. The number of non-ortho nitro benzene ring substituents is 1. The number of pyridine rings is 1. The maximum absolute atomic E-state index is 10.8. The van der Waals surface area contributed by atoms with Crippen LogP contribution in [0.5, 0.6) is 0 Å². The number of aromatic nitrogens is 1. The molecule has 1 atom stereocenters. The van der Waals surface area contributed by atoms with Gasteiger partial charge in [0.15, 0.2) is 0 Å². The lowest BCUT2D eigenvalue weighted by Gasteiger charge is -2.36. The van der Waals surface area contributed by atoms with Gasteiger partial charge in [-0.2, -0.15) is 0 Å². The molecule has 0 aliphatic carbocycles. The quantitative estimate of drug-likeness (QED) is 0.537. The standard InChI is InChI=1S/C20H20N4O2S/c25-24(26)17-5-3-15(4-6-17)20-8-7-18(27-20)14-23-11-10-22-13-19(23)16-2-1-9-21-12-16/h1-9,12,19,22H,10-11,13-14H2. The van der Waals surface area contributed by atoms with E-state index < -0.39 is 0 Å². The zero-order valence-electron chi connectivity index (χ0n) is 14.7. The van der Waals surface area contributed by atoms with Gasteiger partial charge in [-0.25, -0.2) is 0 Å². The van der Waals surface area contributed by atoms with Crippen LogP contribution < -0.4 is 5.32 Å². The second kappa shape index (κ2) is 7.96. The summed E-state index contributed by atoms with van der Waals surface area (Å²) in [5.74, 6) is 0. The Balaban J connectivity index is 1.50. The Morgan fingerprint density at radius 1 is 1.22 bits per heavy atom. The molecule has 1 aliphatic heterocycles. The van der Waals surface area contributed by atoms with Crippen LogP contribution in [0.25, 0.3) is 10.4 Å². The van der Waals surface area contributed by atoms with Crippen molar-refractivity contribution in [3.63, 3.8) is 0 Å². The first-order chi connectivity index (χ1) is 13.2. The molecule has 1 aliphatic rings. The largest absolute Gasteiger partial charge is 0.314 e. The first kappa shape index (κ1) is 17.8. The Morgan fingerprint density at radius 3 is 2.81 bits per heavy atom. The van der Waals surface area contributed by atoms with Gasteiger partial charge in [-0.3, -0.25) is 20.0 Å². The zero-order valence-corrected chi connectivity index (χ0v) is 15.6. The van der Waals surface area contributed by atoms with Crippen molar-refractivity contribution in [2.45, 2.75) is 12.6 Å². The molecule has 0 radical (unpaired) electrons. The molecular formula is C20H20N4O2S. The monoisotopic (exact) mass is 380 g/mol. The SMILES string of the molecule is O=[N+]([O-])c1ccc(-c2ccc(CN3CCNCC3c3cccnc3)s2)cc1. The number of piperazine rings is 1. The smallest absolute Gasteiger partial charge is 0.269 e. The van der Waals surface area contributed by atoms with Crippen LogP contribution in [0.4, 0.5) is 5.69 Å². The van der Waals surface area contributed by atoms with Gasteiger partial charge in [-0.1, -0.05) is 6.07 Å². The highest BCUT2D eigenvalue weighted by Crippen LogP contribution is 2.32. The van der Waals surface area contributed by atoms with E-state index in [9.17, 15) is 10.1 Å². The van der Waals surface area contributed by atoms with E-state index in [-0.39, 0.29) is 10.6 Å². The van der Waals surface area contributed by atoms with Crippen molar-refractivity contribution >= 4 is 17.0 Å². The minimum Gasteiger partial charge on any atom is -0.314 e. The molecule has 0 amide bonds. The predicted molar refractivity (Wildman–Crippen MR) is 107 cm³/mol. The fraction of sp³-hybridized carbons (Fsp3) is 0.250. The molecule has 1 saturated heterocycles. The molecule has 138 valence electrons. The van der Waals surface area contributed by atoms with Crippen LogP contribution in [0.1, 0.15) is 16.5 Å². The average molecular weight is 380 g/mol. The molecule has 1 unspecified atom stereocenters. The summed E-state index contributed by atoms with van der Waals surface area (Å²) >= 11 is 1.74. The Morgan fingerprint density at radius 2 is 2.07 bits per heavy atom. The number of nitrogens with one attached hydrogen (secondary N) is 1. The molecule has 1 fully saturated rings. The summed E-state index contributed by atoms with van der Waals surface area (Å²) in [6, 6.07) is 15.4. The molecule has 3 aromatic rings. The maximum atomic E-state index is 10.8. The summed E-state index contributed by atoms with van der Waals surface area (Å²) in [6.45, 7) is 3.78. The fourth-order valence-corrected chi connectivity index (χ4v) is 4.44. The molecule has 1 N–H and O–H groups in total. The van der Waals surface area contributed by atoms with Gasteiger partial charge in [-0.05, 0) is 41.5 Å². The Labute approximate surface area is 161 Å². The van der Waals surface area contributed by atoms with Gasteiger partial charge < -0.3 is 5.32 Å². The maximum Gasteiger partial charge on any atom is 0.269 e. The number of hydrogen-bond donors (Lipinski definition) is 1. The summed E-state index contributed by atoms with van der Waals surface area (Å²) < 4.78 is 0. The molecule has 0 bridgehead atoms. The van der Waals surface area contributed by atoms with E-state index in [0.29, 0.717) is 6.04 Å². The van der Waals surface area contributed by atoms with Crippen molar-refractivity contribution in [3.05, 3.63) is 81.5 Å². The lowest BCUT2D eigenvalue weighted by atomic mass is 10.1. The number of hydrogen-bond acceptors (Lipinski definition) is 6. The second-order valence-corrected chi connectivity index (χ2v) is 7.72. The summed E-state index contributed by atoms with van der Waals surface area (Å²) in [5.41, 5.74) is 2.37. The molecule has 2 aromatic heterocycles. The Hall–Kier alpha value is -2.61. The molecule has 7 heteroatoms. The van der Waals surface area contributed by atoms with Crippen LogP contribution in [-0.2, 0) is 6.54 Å². The highest BCUT2D eigenvalue weighted by molar-refractivity contribution is 7.15. The number of thiophene rings is 1. The van der Waals surface area contributed by atoms with Crippen molar-refractivity contribution in [1.29, 1.82) is 0 Å². The predicted octanol–water partition coefficient (Wildman–Crippen LogP) is 3.86. The third-order valence-electron chi connectivity index (χ3n) is 4.81. The number of benzene rings is 1. The van der Waals surface area contributed by atoms with Gasteiger partial charge in [0.2, 0.25) is 0 Å². The van der Waals surface area contributed by atoms with Crippen LogP contribution >= 0.6 is 11.3 Å². The van der Waals surface area contributed by atoms with Crippen molar-refractivity contribution < 1.29 is 4.92 Å². The van der Waals surface area contributed by atoms with Gasteiger partial charge in [0.25, 0.3) is 5.69 Å². The van der Waals surface area contributed by atoms with E-state index in [1.807, 2.05) is 24.4 Å². The van der Waals surface area contributed by atoms with Crippen LogP contribution in [0, 0.1) is 10.1 Å². The number of rotatable bonds is 5. The van der Waals surface area contributed by atoms with Crippen LogP contribution in [0.3, 0.4) is 0 Å². The average Bonchev–Trinajstić information content (AvgIpc) is 3.18. The highest BCUT2D eigenvalue weighted by atomic mass is 32.1. The molecule has 0 spiro atoms. The van der Waals surface area contributed by atoms with Gasteiger partial charge in [0.1, 0.15) is 0 Å². The highest BCUT2D eigenvalue weighted by Gasteiger charge is 2.24. The van der Waals surface area contributed by atoms with Crippen molar-refractivity contribution in [2.75, 3.05) is 19.6 Å². The second-order valence-electron chi connectivity index (χ2n) is 6.55. The van der Waals surface area contributed by atoms with E-state index in [4.69, 9.17) is 0 Å². The number of nitrogens with zero attached hydrogens (tertiary/aromatic N) is 3. The molecule has 4 rings (SSSR count). The first-order valence-electron chi connectivity index (χ1n) is 8.89. The Bertz CT molecular complexity index is 911. The molecule has 0 saturated carbocycles. The zero-order chi connectivity index (χ0) is 18.6. The first-order valence-corrected chi connectivity index (χ1v) is 9.70. The lowest BCUT2D eigenvalue weighted by Crippen LogP contribution is -2.45. The molecule has 27 heavy (non-hydrogen) atoms. The topological polar surface area (TPSA) is 71.3 Å². The molecule has 3 heterocycles. The Kier molecular flexibility index (Phi) is 5.24. The van der Waals surface area contributed by atoms with Crippen LogP contribution in [-0.4, -0.2) is 34.4 Å². The number of nitro benzene ring substituents is 1. The van der Waals surface area contributed by atoms with E-state index >= 15 is 0 Å². The van der Waals surface area contributed by atoms with E-state index in [0.717, 1.165) is 36.6 Å². The van der Waals surface area contributed by atoms with Crippen LogP contribution in [0.2, 0.25) is 0 Å². The summed E-state index contributed by atoms with van der Waals surface area (Å²) in [6.07, 6.45) is 3.75. The van der Waals surface area contributed by atoms with Gasteiger partial charge >= 0.3 is 0 Å². The van der Waals surface area contributed by atoms with Gasteiger partial charge in [0, 0.05) is 66.5 Å². The minimum atomic E-state index is -0.368. The van der Waals surface area contributed by atoms with E-state index in [1.165, 1.54) is 10.4 Å². The summed E-state index contributed by atoms with van der Waals surface area (Å²) in [4.78, 5) is 19.6. The van der Waals surface area contributed by atoms with Crippen molar-refractivity contribution in [2.24, 2.45) is 0 Å². The minimum absolute atomic E-state index is 0.121. The molecule has 1 aromatic carbocycles. The van der Waals surface area contributed by atoms with Crippen molar-refractivity contribution in [1.82, 2.24) is 15.2 Å². The lowest BCUT2D eigenvalue weighted by molar-refractivity contribution is -0.384. The number of nitro groups is 1. The van der Waals surface area contributed by atoms with Crippen LogP contribution in [0.15, 0.2) is 60.9 Å². The third-order valence-corrected chi connectivity index (χ3v) is 5.93. The third kappa shape index (κ3) is 4.05. The van der Waals surface area contributed by atoms with Crippen molar-refractivity contribution in [3.8, 4) is 10.4 Å². The normalized spacial score (nSPS) is 17.7. The van der Waals surface area contributed by atoms with E-state index in [1.54, 1.807) is 29.7 Å². The van der Waals surface area contributed by atoms with Gasteiger partial charge in [0.05, 0.1) is 4.92 Å². The summed E-state index contributed by atoms with van der Waals surface area (Å²) in [7, 11) is 0. The van der Waals surface area contributed by atoms with E-state index in [2.05, 4.69) is 33.4 Å². The fourth-order valence-electron chi connectivity index (χ4n) is 3.40. The van der Waals surface area contributed by atoms with Gasteiger partial charge in [-0.15, -0.1) is 11.3 Å². The molecular weight excluding hydrogens is 360 g/mol. The summed E-state index contributed by atoms with van der Waals surface area (Å²) in [5, 5.41) is 14.3.